The third-order valence-electron chi connectivity index (χ3n) is 3.77. The molecule has 0 fully saturated rings. The monoisotopic (exact) mass is 279 g/mol. The van der Waals surface area contributed by atoms with Gasteiger partial charge >= 0.3 is 0 Å². The van der Waals surface area contributed by atoms with Gasteiger partial charge in [-0.05, 0) is 44.2 Å². The maximum atomic E-state index is 12.6. The summed E-state index contributed by atoms with van der Waals surface area (Å²) in [4.78, 5) is 12.6. The number of aromatic nitrogens is 1. The number of hydrazone groups is 1. The maximum absolute atomic E-state index is 12.6. The first-order valence-electron chi connectivity index (χ1n) is 6.87. The van der Waals surface area contributed by atoms with Crippen molar-refractivity contribution in [2.45, 2.75) is 13.8 Å². The number of carbonyl (C=O) groups is 1. The van der Waals surface area contributed by atoms with Crippen LogP contribution >= 0.6 is 0 Å². The maximum Gasteiger partial charge on any atom is 0.280 e. The van der Waals surface area contributed by atoms with Crippen molar-refractivity contribution in [3.63, 3.8) is 0 Å². The van der Waals surface area contributed by atoms with E-state index in [1.807, 2.05) is 69.4 Å². The zero-order chi connectivity index (χ0) is 15.0. The van der Waals surface area contributed by atoms with E-state index in [0.29, 0.717) is 5.57 Å². The van der Waals surface area contributed by atoms with Crippen molar-refractivity contribution in [2.75, 3.05) is 5.01 Å². The number of rotatable bonds is 2. The minimum Gasteiger partial charge on any atom is -0.348 e. The summed E-state index contributed by atoms with van der Waals surface area (Å²) < 4.78 is 2.05. The summed E-state index contributed by atoms with van der Waals surface area (Å²) in [6.45, 7) is 3.90. The number of benzene rings is 1. The minimum atomic E-state index is -0.0856. The van der Waals surface area contributed by atoms with E-state index in [9.17, 15) is 4.79 Å². The first kappa shape index (κ1) is 13.4. The molecule has 2 aromatic rings. The van der Waals surface area contributed by atoms with Gasteiger partial charge in [0.05, 0.1) is 17.0 Å². The topological polar surface area (TPSA) is 37.6 Å². The normalized spacial score (nSPS) is 16.7. The second-order valence-electron chi connectivity index (χ2n) is 5.15. The zero-order valence-electron chi connectivity index (χ0n) is 12.4. The molecule has 0 radical (unpaired) electrons. The fraction of sp³-hybridized carbons (Fsp3) is 0.176. The van der Waals surface area contributed by atoms with E-state index in [2.05, 4.69) is 9.67 Å². The molecule has 106 valence electrons. The Kier molecular flexibility index (Phi) is 3.22. The molecule has 1 aliphatic rings. The van der Waals surface area contributed by atoms with Gasteiger partial charge in [0, 0.05) is 18.4 Å². The van der Waals surface area contributed by atoms with Crippen molar-refractivity contribution in [1.82, 2.24) is 4.57 Å². The van der Waals surface area contributed by atoms with E-state index in [1.165, 1.54) is 5.01 Å². The molecule has 1 aromatic heterocycles. The van der Waals surface area contributed by atoms with Gasteiger partial charge in [-0.2, -0.15) is 10.1 Å². The fourth-order valence-electron chi connectivity index (χ4n) is 2.35. The van der Waals surface area contributed by atoms with Crippen molar-refractivity contribution in [3.8, 4) is 0 Å². The Morgan fingerprint density at radius 1 is 1.05 bits per heavy atom. The van der Waals surface area contributed by atoms with Gasteiger partial charge in [0.25, 0.3) is 5.91 Å². The van der Waals surface area contributed by atoms with Crippen LogP contribution in [0.4, 0.5) is 5.69 Å². The molecule has 1 aliphatic heterocycles. The Balaban J connectivity index is 1.98. The van der Waals surface area contributed by atoms with E-state index in [1.54, 1.807) is 0 Å². The van der Waals surface area contributed by atoms with Crippen LogP contribution in [0, 0.1) is 6.92 Å². The van der Waals surface area contributed by atoms with Crippen LogP contribution in [0.25, 0.3) is 6.08 Å². The average molecular weight is 279 g/mol. The van der Waals surface area contributed by atoms with Gasteiger partial charge in [-0.15, -0.1) is 0 Å². The highest BCUT2D eigenvalue weighted by atomic mass is 16.2. The molecule has 21 heavy (non-hydrogen) atoms. The molecule has 0 N–H and O–H groups in total. The molecule has 0 saturated carbocycles. The number of aryl methyl sites for hydroxylation is 1. The summed E-state index contributed by atoms with van der Waals surface area (Å²) in [5.74, 6) is -0.0856. The van der Waals surface area contributed by atoms with E-state index in [-0.39, 0.29) is 5.91 Å². The molecule has 4 nitrogen and oxygen atoms in total. The third-order valence-corrected chi connectivity index (χ3v) is 3.77. The standard InChI is InChI=1S/C17H17N3O/c1-12-9-10-15(19(12)3)11-16-13(2)18-20(17(16)21)14-7-5-4-6-8-14/h4-11H,1-3H3/b16-11+. The molecule has 0 saturated heterocycles. The van der Waals surface area contributed by atoms with Crippen molar-refractivity contribution < 1.29 is 4.79 Å². The summed E-state index contributed by atoms with van der Waals surface area (Å²) >= 11 is 0. The fourth-order valence-corrected chi connectivity index (χ4v) is 2.35. The molecule has 0 unspecified atom stereocenters. The number of carbonyl (C=O) groups excluding carboxylic acids is 1. The third kappa shape index (κ3) is 2.29. The molecule has 0 bridgehead atoms. The summed E-state index contributed by atoms with van der Waals surface area (Å²) in [5.41, 5.74) is 4.32. The summed E-state index contributed by atoms with van der Waals surface area (Å²) in [7, 11) is 1.99. The number of para-hydroxylation sites is 1. The lowest BCUT2D eigenvalue weighted by Gasteiger charge is -2.11. The van der Waals surface area contributed by atoms with Crippen LogP contribution in [-0.4, -0.2) is 16.2 Å². The zero-order valence-corrected chi connectivity index (χ0v) is 12.4. The Morgan fingerprint density at radius 3 is 2.38 bits per heavy atom. The summed E-state index contributed by atoms with van der Waals surface area (Å²) in [5, 5.41) is 5.83. The predicted molar refractivity (Wildman–Crippen MR) is 85.2 cm³/mol. The van der Waals surface area contributed by atoms with Gasteiger partial charge in [0.1, 0.15) is 0 Å². The van der Waals surface area contributed by atoms with Gasteiger partial charge in [0.2, 0.25) is 0 Å². The van der Waals surface area contributed by atoms with Crippen LogP contribution in [0.15, 0.2) is 53.1 Å². The van der Waals surface area contributed by atoms with Gasteiger partial charge in [-0.1, -0.05) is 18.2 Å². The van der Waals surface area contributed by atoms with Crippen LogP contribution in [0.3, 0.4) is 0 Å². The number of nitrogens with zero attached hydrogens (tertiary/aromatic N) is 3. The van der Waals surface area contributed by atoms with Crippen molar-refractivity contribution in [3.05, 3.63) is 59.4 Å². The van der Waals surface area contributed by atoms with Gasteiger partial charge in [0.15, 0.2) is 0 Å². The van der Waals surface area contributed by atoms with E-state index >= 15 is 0 Å². The second kappa shape index (κ2) is 5.05. The van der Waals surface area contributed by atoms with Crippen LogP contribution in [0.1, 0.15) is 18.3 Å². The Hall–Kier alpha value is -2.62. The number of hydrogen-bond acceptors (Lipinski definition) is 2. The largest absolute Gasteiger partial charge is 0.348 e. The second-order valence-corrected chi connectivity index (χ2v) is 5.15. The molecule has 3 rings (SSSR count). The molecular weight excluding hydrogens is 262 g/mol. The number of amides is 1. The van der Waals surface area contributed by atoms with Crippen molar-refractivity contribution >= 4 is 23.4 Å². The lowest BCUT2D eigenvalue weighted by Crippen LogP contribution is -2.21. The lowest BCUT2D eigenvalue weighted by molar-refractivity contribution is -0.114. The lowest BCUT2D eigenvalue weighted by atomic mass is 10.1. The van der Waals surface area contributed by atoms with Crippen LogP contribution in [0.2, 0.25) is 0 Å². The quantitative estimate of drug-likeness (QED) is 0.778. The summed E-state index contributed by atoms with van der Waals surface area (Å²) in [6, 6.07) is 13.5. The molecule has 0 atom stereocenters. The molecule has 2 heterocycles. The highest BCUT2D eigenvalue weighted by molar-refractivity contribution is 6.32. The predicted octanol–water partition coefficient (Wildman–Crippen LogP) is 3.14. The van der Waals surface area contributed by atoms with Crippen LogP contribution in [-0.2, 0) is 11.8 Å². The highest BCUT2D eigenvalue weighted by Crippen LogP contribution is 2.24. The molecule has 4 heteroatoms. The first-order chi connectivity index (χ1) is 10.1. The first-order valence-corrected chi connectivity index (χ1v) is 6.87. The smallest absolute Gasteiger partial charge is 0.280 e. The van der Waals surface area contributed by atoms with Gasteiger partial charge < -0.3 is 4.57 Å². The van der Waals surface area contributed by atoms with Crippen LogP contribution in [0.5, 0.6) is 0 Å². The number of hydrogen-bond donors (Lipinski definition) is 0. The van der Waals surface area contributed by atoms with Gasteiger partial charge in [-0.25, -0.2) is 0 Å². The van der Waals surface area contributed by atoms with Gasteiger partial charge in [-0.3, -0.25) is 4.79 Å². The van der Waals surface area contributed by atoms with Crippen LogP contribution < -0.4 is 5.01 Å². The van der Waals surface area contributed by atoms with E-state index < -0.39 is 0 Å². The van der Waals surface area contributed by atoms with Crippen molar-refractivity contribution in [2.24, 2.45) is 12.1 Å². The molecule has 1 amide bonds. The SMILES string of the molecule is CC1=NN(c2ccccc2)C(=O)/C1=C/c1ccc(C)n1C. The Morgan fingerprint density at radius 2 is 1.76 bits per heavy atom. The summed E-state index contributed by atoms with van der Waals surface area (Å²) in [6.07, 6.45) is 1.90. The molecule has 0 spiro atoms. The van der Waals surface area contributed by atoms with Crippen molar-refractivity contribution in [1.29, 1.82) is 0 Å². The minimum absolute atomic E-state index is 0.0856. The molecule has 0 aliphatic carbocycles. The molecule has 1 aromatic carbocycles. The number of anilines is 1. The molecular formula is C17H17N3O. The van der Waals surface area contributed by atoms with E-state index in [4.69, 9.17) is 0 Å². The average Bonchev–Trinajstić information content (AvgIpc) is 2.96. The van der Waals surface area contributed by atoms with E-state index in [0.717, 1.165) is 22.8 Å². The highest BCUT2D eigenvalue weighted by Gasteiger charge is 2.28. The Bertz CT molecular complexity index is 754. The Labute approximate surface area is 124 Å².